The van der Waals surface area contributed by atoms with E-state index in [0.717, 1.165) is 16.0 Å². The number of benzene rings is 1. The van der Waals surface area contributed by atoms with Crippen molar-refractivity contribution in [2.24, 2.45) is 0 Å². The van der Waals surface area contributed by atoms with Crippen LogP contribution in [0.3, 0.4) is 0 Å². The van der Waals surface area contributed by atoms with Crippen molar-refractivity contribution in [3.63, 3.8) is 0 Å². The predicted molar refractivity (Wildman–Crippen MR) is 73.6 cm³/mol. The number of hydrogen-bond acceptors (Lipinski definition) is 2. The Hall–Kier alpha value is -1.12. The summed E-state index contributed by atoms with van der Waals surface area (Å²) in [5, 5.41) is 12.3. The lowest BCUT2D eigenvalue weighted by atomic mass is 9.99. The average molecular weight is 246 g/mol. The second-order valence-corrected chi connectivity index (χ2v) is 5.64. The molecule has 0 bridgehead atoms. The molecule has 1 N–H and O–H groups in total. The van der Waals surface area contributed by atoms with E-state index in [2.05, 4.69) is 26.0 Å². The molecule has 0 saturated heterocycles. The van der Waals surface area contributed by atoms with Crippen LogP contribution in [0.4, 0.5) is 0 Å². The van der Waals surface area contributed by atoms with Crippen LogP contribution in [0.15, 0.2) is 35.7 Å². The quantitative estimate of drug-likeness (QED) is 0.858. The highest BCUT2D eigenvalue weighted by atomic mass is 32.1. The SMILES string of the molecule is Cc1ccsc1C(O)c1ccc(C(C)C)cc1. The summed E-state index contributed by atoms with van der Waals surface area (Å²) in [6.07, 6.45) is -0.490. The third-order valence-electron chi connectivity index (χ3n) is 3.07. The fourth-order valence-electron chi connectivity index (χ4n) is 1.88. The third-order valence-corrected chi connectivity index (χ3v) is 4.14. The lowest BCUT2D eigenvalue weighted by Gasteiger charge is -2.12. The molecule has 1 heterocycles. The van der Waals surface area contributed by atoms with Crippen LogP contribution in [0, 0.1) is 6.92 Å². The summed E-state index contributed by atoms with van der Waals surface area (Å²) in [7, 11) is 0. The van der Waals surface area contributed by atoms with Crippen LogP contribution in [-0.2, 0) is 0 Å². The molecule has 90 valence electrons. The van der Waals surface area contributed by atoms with Gasteiger partial charge in [-0.2, -0.15) is 0 Å². The summed E-state index contributed by atoms with van der Waals surface area (Å²) in [6.45, 7) is 6.39. The van der Waals surface area contributed by atoms with Crippen LogP contribution in [-0.4, -0.2) is 5.11 Å². The van der Waals surface area contributed by atoms with Gasteiger partial charge in [-0.1, -0.05) is 38.1 Å². The molecule has 2 aromatic rings. The molecule has 0 aliphatic rings. The molecular weight excluding hydrogens is 228 g/mol. The standard InChI is InChI=1S/C15H18OS/c1-10(2)12-4-6-13(7-5-12)14(16)15-11(3)8-9-17-15/h4-10,14,16H,1-3H3. The normalized spacial score (nSPS) is 13.0. The summed E-state index contributed by atoms with van der Waals surface area (Å²) in [6, 6.07) is 10.3. The van der Waals surface area contributed by atoms with Gasteiger partial charge in [0.25, 0.3) is 0 Å². The van der Waals surface area contributed by atoms with E-state index >= 15 is 0 Å². The molecule has 1 aromatic carbocycles. The van der Waals surface area contributed by atoms with E-state index in [4.69, 9.17) is 0 Å². The zero-order chi connectivity index (χ0) is 12.4. The summed E-state index contributed by atoms with van der Waals surface area (Å²) in [5.74, 6) is 0.532. The van der Waals surface area contributed by atoms with E-state index in [-0.39, 0.29) is 0 Å². The first-order valence-electron chi connectivity index (χ1n) is 5.91. The average Bonchev–Trinajstić information content (AvgIpc) is 2.74. The van der Waals surface area contributed by atoms with Crippen LogP contribution in [0.1, 0.15) is 47.4 Å². The zero-order valence-corrected chi connectivity index (χ0v) is 11.3. The van der Waals surface area contributed by atoms with Crippen molar-refractivity contribution in [1.29, 1.82) is 0 Å². The van der Waals surface area contributed by atoms with Crippen molar-refractivity contribution in [3.8, 4) is 0 Å². The molecule has 2 heteroatoms. The molecule has 0 saturated carbocycles. The van der Waals surface area contributed by atoms with E-state index in [1.165, 1.54) is 5.56 Å². The highest BCUT2D eigenvalue weighted by molar-refractivity contribution is 7.10. The van der Waals surface area contributed by atoms with Gasteiger partial charge in [0.1, 0.15) is 6.10 Å². The Morgan fingerprint density at radius 2 is 1.59 bits per heavy atom. The van der Waals surface area contributed by atoms with Gasteiger partial charge >= 0.3 is 0 Å². The smallest absolute Gasteiger partial charge is 0.113 e. The van der Waals surface area contributed by atoms with Gasteiger partial charge in [-0.3, -0.25) is 0 Å². The lowest BCUT2D eigenvalue weighted by molar-refractivity contribution is 0.223. The monoisotopic (exact) mass is 246 g/mol. The van der Waals surface area contributed by atoms with Crippen molar-refractivity contribution >= 4 is 11.3 Å². The third kappa shape index (κ3) is 2.59. The van der Waals surface area contributed by atoms with Crippen LogP contribution in [0.2, 0.25) is 0 Å². The highest BCUT2D eigenvalue weighted by Crippen LogP contribution is 2.29. The number of aryl methyl sites for hydroxylation is 1. The summed E-state index contributed by atoms with van der Waals surface area (Å²) in [5.41, 5.74) is 3.44. The Labute approximate surface area is 107 Å². The number of thiophene rings is 1. The molecule has 0 aliphatic carbocycles. The van der Waals surface area contributed by atoms with E-state index in [1.807, 2.05) is 30.5 Å². The van der Waals surface area contributed by atoms with E-state index in [9.17, 15) is 5.11 Å². The minimum absolute atomic E-state index is 0.490. The maximum Gasteiger partial charge on any atom is 0.113 e. The minimum atomic E-state index is -0.490. The second kappa shape index (κ2) is 5.03. The predicted octanol–water partition coefficient (Wildman–Crippen LogP) is 4.26. The molecular formula is C15H18OS. The molecule has 1 atom stereocenters. The molecule has 1 nitrogen and oxygen atoms in total. The van der Waals surface area contributed by atoms with E-state index in [0.29, 0.717) is 5.92 Å². The topological polar surface area (TPSA) is 20.2 Å². The first-order chi connectivity index (χ1) is 8.09. The van der Waals surface area contributed by atoms with E-state index in [1.54, 1.807) is 11.3 Å². The van der Waals surface area contributed by atoms with Gasteiger partial charge in [-0.05, 0) is 41.0 Å². The Bertz CT molecular complexity index is 482. The number of aliphatic hydroxyl groups excluding tert-OH is 1. The molecule has 0 spiro atoms. The van der Waals surface area contributed by atoms with Crippen molar-refractivity contribution in [2.75, 3.05) is 0 Å². The zero-order valence-electron chi connectivity index (χ0n) is 10.5. The number of aliphatic hydroxyl groups is 1. The van der Waals surface area contributed by atoms with Gasteiger partial charge in [0.15, 0.2) is 0 Å². The molecule has 1 aromatic heterocycles. The minimum Gasteiger partial charge on any atom is -0.383 e. The Morgan fingerprint density at radius 3 is 2.06 bits per heavy atom. The first kappa shape index (κ1) is 12.3. The first-order valence-corrected chi connectivity index (χ1v) is 6.79. The number of rotatable bonds is 3. The molecule has 2 rings (SSSR count). The summed E-state index contributed by atoms with van der Waals surface area (Å²) in [4.78, 5) is 1.04. The highest BCUT2D eigenvalue weighted by Gasteiger charge is 2.14. The van der Waals surface area contributed by atoms with Gasteiger partial charge in [-0.15, -0.1) is 11.3 Å². The van der Waals surface area contributed by atoms with Crippen LogP contribution < -0.4 is 0 Å². The molecule has 17 heavy (non-hydrogen) atoms. The Morgan fingerprint density at radius 1 is 1.00 bits per heavy atom. The van der Waals surface area contributed by atoms with Crippen LogP contribution >= 0.6 is 11.3 Å². The molecule has 0 aliphatic heterocycles. The van der Waals surface area contributed by atoms with Crippen molar-refractivity contribution in [3.05, 3.63) is 57.3 Å². The van der Waals surface area contributed by atoms with Crippen molar-refractivity contribution < 1.29 is 5.11 Å². The lowest BCUT2D eigenvalue weighted by Crippen LogP contribution is -1.99. The summed E-state index contributed by atoms with van der Waals surface area (Å²) < 4.78 is 0. The van der Waals surface area contributed by atoms with Crippen LogP contribution in [0.25, 0.3) is 0 Å². The van der Waals surface area contributed by atoms with Gasteiger partial charge in [0.05, 0.1) is 0 Å². The molecule has 0 amide bonds. The fraction of sp³-hybridized carbons (Fsp3) is 0.333. The summed E-state index contributed by atoms with van der Waals surface area (Å²) >= 11 is 1.61. The fourth-order valence-corrected chi connectivity index (χ4v) is 2.82. The van der Waals surface area contributed by atoms with Crippen molar-refractivity contribution in [2.45, 2.75) is 32.8 Å². The second-order valence-electron chi connectivity index (χ2n) is 4.69. The largest absolute Gasteiger partial charge is 0.383 e. The molecule has 0 fully saturated rings. The Balaban J connectivity index is 2.26. The maximum atomic E-state index is 10.3. The number of hydrogen-bond donors (Lipinski definition) is 1. The van der Waals surface area contributed by atoms with Gasteiger partial charge in [-0.25, -0.2) is 0 Å². The van der Waals surface area contributed by atoms with Crippen LogP contribution in [0.5, 0.6) is 0 Å². The van der Waals surface area contributed by atoms with E-state index < -0.39 is 6.10 Å². The Kier molecular flexibility index (Phi) is 3.65. The maximum absolute atomic E-state index is 10.3. The van der Waals surface area contributed by atoms with Gasteiger partial charge in [0.2, 0.25) is 0 Å². The molecule has 1 unspecified atom stereocenters. The van der Waals surface area contributed by atoms with Crippen molar-refractivity contribution in [1.82, 2.24) is 0 Å². The molecule has 0 radical (unpaired) electrons. The van der Waals surface area contributed by atoms with Gasteiger partial charge in [0, 0.05) is 4.88 Å². The van der Waals surface area contributed by atoms with Gasteiger partial charge < -0.3 is 5.11 Å².